The van der Waals surface area contributed by atoms with E-state index in [9.17, 15) is 14.4 Å². The first kappa shape index (κ1) is 21.0. The van der Waals surface area contributed by atoms with Crippen LogP contribution in [0.25, 0.3) is 0 Å². The van der Waals surface area contributed by atoms with Crippen LogP contribution < -0.4 is 14.8 Å². The lowest BCUT2D eigenvalue weighted by Crippen LogP contribution is -2.54. The Kier molecular flexibility index (Phi) is 6.61. The molecule has 0 radical (unpaired) electrons. The van der Waals surface area contributed by atoms with Gasteiger partial charge in [0.1, 0.15) is 36.8 Å². The fourth-order valence-corrected chi connectivity index (χ4v) is 3.93. The number of ether oxygens (including phenoxy) is 3. The normalized spacial score (nSPS) is 23.8. The lowest BCUT2D eigenvalue weighted by Gasteiger charge is -2.36. The van der Waals surface area contributed by atoms with Crippen LogP contribution in [0.3, 0.4) is 0 Å². The van der Waals surface area contributed by atoms with Gasteiger partial charge in [-0.05, 0) is 49.9 Å². The van der Waals surface area contributed by atoms with Crippen molar-refractivity contribution < 1.29 is 28.6 Å². The van der Waals surface area contributed by atoms with E-state index >= 15 is 0 Å². The molecule has 1 saturated heterocycles. The summed E-state index contributed by atoms with van der Waals surface area (Å²) in [5.74, 6) is 0.481. The van der Waals surface area contributed by atoms with E-state index < -0.39 is 17.5 Å². The molecule has 1 N–H and O–H groups in total. The lowest BCUT2D eigenvalue weighted by atomic mass is 9.73. The molecule has 29 heavy (non-hydrogen) atoms. The van der Waals surface area contributed by atoms with Crippen LogP contribution in [0, 0.1) is 5.92 Å². The van der Waals surface area contributed by atoms with Gasteiger partial charge in [0, 0.05) is 0 Å². The summed E-state index contributed by atoms with van der Waals surface area (Å²) in [5.41, 5.74) is -0.869. The Labute approximate surface area is 170 Å². The summed E-state index contributed by atoms with van der Waals surface area (Å²) >= 11 is 0. The van der Waals surface area contributed by atoms with Gasteiger partial charge < -0.3 is 19.5 Å². The van der Waals surface area contributed by atoms with Crippen molar-refractivity contribution in [3.05, 3.63) is 24.3 Å². The Morgan fingerprint density at radius 3 is 2.48 bits per heavy atom. The van der Waals surface area contributed by atoms with E-state index in [0.717, 1.165) is 29.9 Å². The third-order valence-corrected chi connectivity index (χ3v) is 5.54. The predicted molar refractivity (Wildman–Crippen MR) is 105 cm³/mol. The monoisotopic (exact) mass is 404 g/mol. The average molecular weight is 404 g/mol. The summed E-state index contributed by atoms with van der Waals surface area (Å²) in [6, 6.07) is 6.61. The first-order valence-electron chi connectivity index (χ1n) is 10.1. The SMILES string of the molecule is CCOc1ccc(OCCOC(=O)CN2C(=O)N[C@@]3(CCCC[C@H]3C)C2=O)cc1. The molecule has 0 aromatic heterocycles. The number of rotatable bonds is 8. The minimum Gasteiger partial charge on any atom is -0.494 e. The number of hydrogen-bond donors (Lipinski definition) is 1. The molecule has 0 bridgehead atoms. The van der Waals surface area contributed by atoms with E-state index in [-0.39, 0.29) is 31.6 Å². The summed E-state index contributed by atoms with van der Waals surface area (Å²) in [6.45, 7) is 4.28. The number of esters is 1. The quantitative estimate of drug-likeness (QED) is 0.406. The van der Waals surface area contributed by atoms with Gasteiger partial charge >= 0.3 is 12.0 Å². The van der Waals surface area contributed by atoms with Crippen molar-refractivity contribution in [2.45, 2.75) is 45.1 Å². The predicted octanol–water partition coefficient (Wildman–Crippen LogP) is 2.51. The topological polar surface area (TPSA) is 94.2 Å². The summed E-state index contributed by atoms with van der Waals surface area (Å²) in [4.78, 5) is 38.2. The number of carbonyl (C=O) groups excluding carboxylic acids is 3. The molecule has 2 aliphatic rings. The Hall–Kier alpha value is -2.77. The molecule has 3 rings (SSSR count). The van der Waals surface area contributed by atoms with Crippen molar-refractivity contribution in [2.75, 3.05) is 26.4 Å². The molecule has 1 spiro atoms. The Balaban J connectivity index is 1.43. The number of imide groups is 1. The highest BCUT2D eigenvalue weighted by atomic mass is 16.6. The van der Waals surface area contributed by atoms with Gasteiger partial charge in [0.05, 0.1) is 6.61 Å². The Morgan fingerprint density at radius 2 is 1.83 bits per heavy atom. The average Bonchev–Trinajstić information content (AvgIpc) is 2.94. The van der Waals surface area contributed by atoms with Crippen LogP contribution in [0.2, 0.25) is 0 Å². The number of nitrogens with zero attached hydrogens (tertiary/aromatic N) is 1. The number of urea groups is 1. The second-order valence-electron chi connectivity index (χ2n) is 7.41. The van der Waals surface area contributed by atoms with Gasteiger partial charge in [-0.2, -0.15) is 0 Å². The maximum atomic E-state index is 12.8. The number of hydrogen-bond acceptors (Lipinski definition) is 6. The molecule has 1 aromatic rings. The third kappa shape index (κ3) is 4.63. The van der Waals surface area contributed by atoms with Crippen molar-refractivity contribution in [3.8, 4) is 11.5 Å². The van der Waals surface area contributed by atoms with Crippen LogP contribution >= 0.6 is 0 Å². The fourth-order valence-electron chi connectivity index (χ4n) is 3.93. The van der Waals surface area contributed by atoms with Crippen molar-refractivity contribution >= 4 is 17.9 Å². The molecule has 2 atom stereocenters. The van der Waals surface area contributed by atoms with Crippen LogP contribution in [0.5, 0.6) is 11.5 Å². The van der Waals surface area contributed by atoms with Gasteiger partial charge in [0.2, 0.25) is 0 Å². The van der Waals surface area contributed by atoms with Crippen molar-refractivity contribution in [2.24, 2.45) is 5.92 Å². The standard InChI is InChI=1S/C21H28N2O6/c1-3-27-16-7-9-17(10-8-16)28-12-13-29-18(24)14-23-19(25)21(22-20(23)26)11-5-4-6-15(21)2/h7-10,15H,3-6,11-14H2,1-2H3,(H,22,26)/t15-,21-/m1/s1. The van der Waals surface area contributed by atoms with Crippen molar-refractivity contribution in [3.63, 3.8) is 0 Å². The molecule has 1 aromatic carbocycles. The van der Waals surface area contributed by atoms with E-state index in [2.05, 4.69) is 5.32 Å². The highest BCUT2D eigenvalue weighted by Gasteiger charge is 2.55. The van der Waals surface area contributed by atoms with Crippen LogP contribution in [-0.4, -0.2) is 54.7 Å². The van der Waals surface area contributed by atoms with Crippen LogP contribution in [0.4, 0.5) is 4.79 Å². The van der Waals surface area contributed by atoms with Crippen LogP contribution in [-0.2, 0) is 14.3 Å². The molecule has 8 heteroatoms. The summed E-state index contributed by atoms with van der Waals surface area (Å²) < 4.78 is 16.0. The third-order valence-electron chi connectivity index (χ3n) is 5.54. The van der Waals surface area contributed by atoms with Gasteiger partial charge in [0.25, 0.3) is 5.91 Å². The lowest BCUT2D eigenvalue weighted by molar-refractivity contribution is -0.149. The van der Waals surface area contributed by atoms with Gasteiger partial charge in [-0.3, -0.25) is 14.5 Å². The second-order valence-corrected chi connectivity index (χ2v) is 7.41. The van der Waals surface area contributed by atoms with Crippen LogP contribution in [0.1, 0.15) is 39.5 Å². The molecule has 8 nitrogen and oxygen atoms in total. The molecular weight excluding hydrogens is 376 g/mol. The molecule has 0 unspecified atom stereocenters. The highest BCUT2D eigenvalue weighted by molar-refractivity contribution is 6.08. The van der Waals surface area contributed by atoms with E-state index in [4.69, 9.17) is 14.2 Å². The zero-order chi connectivity index (χ0) is 20.9. The zero-order valence-electron chi connectivity index (χ0n) is 16.9. The molecule has 3 amide bonds. The van der Waals surface area contributed by atoms with Gasteiger partial charge in [-0.15, -0.1) is 0 Å². The zero-order valence-corrected chi connectivity index (χ0v) is 16.9. The highest BCUT2D eigenvalue weighted by Crippen LogP contribution is 2.38. The molecule has 1 saturated carbocycles. The first-order chi connectivity index (χ1) is 14.0. The maximum Gasteiger partial charge on any atom is 0.326 e. The fraction of sp³-hybridized carbons (Fsp3) is 0.571. The van der Waals surface area contributed by atoms with Crippen LogP contribution in [0.15, 0.2) is 24.3 Å². The van der Waals surface area contributed by atoms with Gasteiger partial charge in [-0.1, -0.05) is 19.8 Å². The van der Waals surface area contributed by atoms with E-state index in [1.54, 1.807) is 24.3 Å². The molecular formula is C21H28N2O6. The number of carbonyl (C=O) groups is 3. The van der Waals surface area contributed by atoms with Gasteiger partial charge in [0.15, 0.2) is 0 Å². The summed E-state index contributed by atoms with van der Waals surface area (Å²) in [5, 5.41) is 2.82. The van der Waals surface area contributed by atoms with E-state index in [1.807, 2.05) is 13.8 Å². The second kappa shape index (κ2) is 9.15. The van der Waals surface area contributed by atoms with Crippen molar-refractivity contribution in [1.29, 1.82) is 0 Å². The number of nitrogens with one attached hydrogen (secondary N) is 1. The molecule has 2 fully saturated rings. The summed E-state index contributed by atoms with van der Waals surface area (Å²) in [7, 11) is 0. The largest absolute Gasteiger partial charge is 0.494 e. The molecule has 1 heterocycles. The van der Waals surface area contributed by atoms with E-state index in [1.165, 1.54) is 0 Å². The molecule has 1 aliphatic carbocycles. The number of amides is 3. The maximum absolute atomic E-state index is 12.8. The molecule has 1 aliphatic heterocycles. The van der Waals surface area contributed by atoms with Gasteiger partial charge in [-0.25, -0.2) is 4.79 Å². The Morgan fingerprint density at radius 1 is 1.14 bits per heavy atom. The Bertz CT molecular complexity index is 750. The molecule has 158 valence electrons. The summed E-state index contributed by atoms with van der Waals surface area (Å²) in [6.07, 6.45) is 3.42. The van der Waals surface area contributed by atoms with Crippen molar-refractivity contribution in [1.82, 2.24) is 10.2 Å². The minimum atomic E-state index is -0.869. The van der Waals surface area contributed by atoms with E-state index in [0.29, 0.717) is 18.8 Å². The number of benzene rings is 1. The smallest absolute Gasteiger partial charge is 0.326 e. The minimum absolute atomic E-state index is 0.0250. The first-order valence-corrected chi connectivity index (χ1v) is 10.1.